The van der Waals surface area contributed by atoms with Crippen LogP contribution in [0.25, 0.3) is 0 Å². The van der Waals surface area contributed by atoms with Gasteiger partial charge in [0.15, 0.2) is 0 Å². The summed E-state index contributed by atoms with van der Waals surface area (Å²) in [4.78, 5) is 2.35. The molecule has 1 aromatic carbocycles. The molecule has 5 nitrogen and oxygen atoms in total. The van der Waals surface area contributed by atoms with Gasteiger partial charge in [-0.05, 0) is 44.7 Å². The molecule has 0 spiro atoms. The summed E-state index contributed by atoms with van der Waals surface area (Å²) in [5.41, 5.74) is 4.23. The zero-order valence-corrected chi connectivity index (χ0v) is 13.3. The van der Waals surface area contributed by atoms with Crippen molar-refractivity contribution >= 4 is 27.1 Å². The van der Waals surface area contributed by atoms with E-state index in [1.807, 2.05) is 12.1 Å². The van der Waals surface area contributed by atoms with E-state index in [9.17, 15) is 8.42 Å². The van der Waals surface area contributed by atoms with Crippen molar-refractivity contribution in [2.24, 2.45) is 0 Å². The molecule has 2 aliphatic rings. The summed E-state index contributed by atoms with van der Waals surface area (Å²) in [5, 5.41) is 3.38. The lowest BCUT2D eigenvalue weighted by Gasteiger charge is -2.32. The molecule has 2 N–H and O–H groups in total. The largest absolute Gasteiger partial charge is 0.384 e. The van der Waals surface area contributed by atoms with Gasteiger partial charge in [0, 0.05) is 30.9 Å². The molecule has 1 aromatic rings. The van der Waals surface area contributed by atoms with Crippen molar-refractivity contribution in [3.05, 3.63) is 17.7 Å². The van der Waals surface area contributed by atoms with Gasteiger partial charge in [0.2, 0.25) is 10.0 Å². The summed E-state index contributed by atoms with van der Waals surface area (Å²) < 4.78 is 26.7. The number of fused-ring (bicyclic) bond motifs is 1. The second-order valence-electron chi connectivity index (χ2n) is 5.72. The van der Waals surface area contributed by atoms with Gasteiger partial charge >= 0.3 is 0 Å². The number of nitrogens with one attached hydrogen (secondary N) is 2. The van der Waals surface area contributed by atoms with Gasteiger partial charge in [0.1, 0.15) is 0 Å². The maximum atomic E-state index is 12.0. The minimum atomic E-state index is -3.25. The Kier molecular flexibility index (Phi) is 3.97. The standard InChI is InChI=1S/C15H23N3O2S/c1-2-21(19,20)17-14-7-6-13-12(8-9-16-13)15(14)18-10-4-3-5-11-18/h6-7,16-17H,2-5,8-11H2,1H3. The molecule has 0 amide bonds. The highest BCUT2D eigenvalue weighted by Crippen LogP contribution is 2.39. The summed E-state index contributed by atoms with van der Waals surface area (Å²) >= 11 is 0. The molecule has 2 aliphatic heterocycles. The average Bonchev–Trinajstić information content (AvgIpc) is 2.96. The fourth-order valence-electron chi connectivity index (χ4n) is 3.18. The van der Waals surface area contributed by atoms with E-state index in [-0.39, 0.29) is 5.75 Å². The first-order valence-corrected chi connectivity index (χ1v) is 9.41. The van der Waals surface area contributed by atoms with Gasteiger partial charge in [-0.25, -0.2) is 8.42 Å². The van der Waals surface area contributed by atoms with E-state index in [4.69, 9.17) is 0 Å². The van der Waals surface area contributed by atoms with E-state index in [0.717, 1.165) is 43.1 Å². The fourth-order valence-corrected chi connectivity index (χ4v) is 3.82. The number of rotatable bonds is 4. The van der Waals surface area contributed by atoms with Gasteiger partial charge in [0.25, 0.3) is 0 Å². The Morgan fingerprint density at radius 2 is 2.00 bits per heavy atom. The third-order valence-electron chi connectivity index (χ3n) is 4.29. The summed E-state index contributed by atoms with van der Waals surface area (Å²) in [6.07, 6.45) is 4.58. The van der Waals surface area contributed by atoms with Crippen LogP contribution in [0, 0.1) is 0 Å². The van der Waals surface area contributed by atoms with Crippen LogP contribution in [0.2, 0.25) is 0 Å². The lowest BCUT2D eigenvalue weighted by atomic mass is 10.0. The normalized spacial score (nSPS) is 18.2. The monoisotopic (exact) mass is 309 g/mol. The fraction of sp³-hybridized carbons (Fsp3) is 0.600. The van der Waals surface area contributed by atoms with E-state index in [0.29, 0.717) is 0 Å². The highest BCUT2D eigenvalue weighted by atomic mass is 32.2. The van der Waals surface area contributed by atoms with Gasteiger partial charge < -0.3 is 10.2 Å². The summed E-state index contributed by atoms with van der Waals surface area (Å²) in [6.45, 7) is 4.62. The molecule has 0 radical (unpaired) electrons. The molecule has 0 bridgehead atoms. The van der Waals surface area contributed by atoms with Crippen LogP contribution in [0.15, 0.2) is 12.1 Å². The molecule has 0 aliphatic carbocycles. The first kappa shape index (κ1) is 14.5. The number of piperidine rings is 1. The zero-order valence-electron chi connectivity index (χ0n) is 12.5. The minimum absolute atomic E-state index is 0.0990. The smallest absolute Gasteiger partial charge is 0.232 e. The summed E-state index contributed by atoms with van der Waals surface area (Å²) in [6, 6.07) is 3.89. The second kappa shape index (κ2) is 5.75. The number of hydrogen-bond donors (Lipinski definition) is 2. The van der Waals surface area contributed by atoms with Crippen molar-refractivity contribution in [2.75, 3.05) is 40.3 Å². The van der Waals surface area contributed by atoms with Crippen molar-refractivity contribution in [1.29, 1.82) is 0 Å². The molecule has 2 heterocycles. The van der Waals surface area contributed by atoms with E-state index in [1.54, 1.807) is 6.92 Å². The van der Waals surface area contributed by atoms with Crippen LogP contribution in [0.4, 0.5) is 17.1 Å². The highest BCUT2D eigenvalue weighted by Gasteiger charge is 2.24. The molecule has 21 heavy (non-hydrogen) atoms. The molecule has 116 valence electrons. The molecule has 0 saturated carbocycles. The Hall–Kier alpha value is -1.43. The van der Waals surface area contributed by atoms with E-state index >= 15 is 0 Å². The zero-order chi connectivity index (χ0) is 14.9. The molecular weight excluding hydrogens is 286 g/mol. The molecule has 0 aromatic heterocycles. The predicted molar refractivity (Wildman–Crippen MR) is 87.8 cm³/mol. The number of sulfonamides is 1. The summed E-state index contributed by atoms with van der Waals surface area (Å²) in [5.74, 6) is 0.0990. The minimum Gasteiger partial charge on any atom is -0.384 e. The van der Waals surface area contributed by atoms with E-state index in [1.165, 1.54) is 24.8 Å². The van der Waals surface area contributed by atoms with Crippen molar-refractivity contribution in [3.63, 3.8) is 0 Å². The van der Waals surface area contributed by atoms with Crippen molar-refractivity contribution in [2.45, 2.75) is 32.6 Å². The van der Waals surface area contributed by atoms with Crippen LogP contribution >= 0.6 is 0 Å². The van der Waals surface area contributed by atoms with Gasteiger partial charge in [-0.15, -0.1) is 0 Å². The Bertz CT molecular complexity index is 622. The highest BCUT2D eigenvalue weighted by molar-refractivity contribution is 7.92. The number of anilines is 3. The van der Waals surface area contributed by atoms with Gasteiger partial charge in [-0.3, -0.25) is 4.72 Å². The summed E-state index contributed by atoms with van der Waals surface area (Å²) in [7, 11) is -3.25. The van der Waals surface area contributed by atoms with Crippen LogP contribution < -0.4 is 14.9 Å². The SMILES string of the molecule is CCS(=O)(=O)Nc1ccc2c(c1N1CCCCC1)CCN2. The van der Waals surface area contributed by atoms with Gasteiger partial charge in [-0.1, -0.05) is 0 Å². The quantitative estimate of drug-likeness (QED) is 0.896. The van der Waals surface area contributed by atoms with Crippen molar-refractivity contribution in [3.8, 4) is 0 Å². The lowest BCUT2D eigenvalue weighted by molar-refractivity contribution is 0.577. The molecule has 1 saturated heterocycles. The predicted octanol–water partition coefficient (Wildman–Crippen LogP) is 2.41. The third-order valence-corrected chi connectivity index (χ3v) is 5.58. The Morgan fingerprint density at radius 1 is 1.24 bits per heavy atom. The molecular formula is C15H23N3O2S. The van der Waals surface area contributed by atoms with Gasteiger partial charge in [-0.2, -0.15) is 0 Å². The van der Waals surface area contributed by atoms with Crippen LogP contribution in [-0.4, -0.2) is 33.8 Å². The van der Waals surface area contributed by atoms with Crippen LogP contribution in [0.5, 0.6) is 0 Å². The maximum absolute atomic E-state index is 12.0. The van der Waals surface area contributed by atoms with Crippen molar-refractivity contribution < 1.29 is 8.42 Å². The first-order valence-electron chi connectivity index (χ1n) is 7.76. The number of hydrogen-bond acceptors (Lipinski definition) is 4. The molecule has 0 atom stereocenters. The molecule has 6 heteroatoms. The third kappa shape index (κ3) is 2.95. The van der Waals surface area contributed by atoms with Crippen LogP contribution in [0.1, 0.15) is 31.7 Å². The Morgan fingerprint density at radius 3 is 2.71 bits per heavy atom. The molecule has 1 fully saturated rings. The van der Waals surface area contributed by atoms with E-state index < -0.39 is 10.0 Å². The lowest BCUT2D eigenvalue weighted by Crippen LogP contribution is -2.31. The average molecular weight is 309 g/mol. The second-order valence-corrected chi connectivity index (χ2v) is 7.73. The molecule has 0 unspecified atom stereocenters. The Balaban J connectivity index is 2.02. The van der Waals surface area contributed by atoms with Crippen molar-refractivity contribution in [1.82, 2.24) is 0 Å². The number of nitrogens with zero attached hydrogens (tertiary/aromatic N) is 1. The number of benzene rings is 1. The van der Waals surface area contributed by atoms with E-state index in [2.05, 4.69) is 14.9 Å². The van der Waals surface area contributed by atoms with Gasteiger partial charge in [0.05, 0.1) is 17.1 Å². The topological polar surface area (TPSA) is 61.4 Å². The molecule has 3 rings (SSSR count). The Labute approximate surface area is 126 Å². The van der Waals surface area contributed by atoms with Crippen LogP contribution in [-0.2, 0) is 16.4 Å². The van der Waals surface area contributed by atoms with Crippen LogP contribution in [0.3, 0.4) is 0 Å². The maximum Gasteiger partial charge on any atom is 0.232 e. The first-order chi connectivity index (χ1) is 10.1.